The molecule has 0 saturated heterocycles. The van der Waals surface area contributed by atoms with E-state index in [0.29, 0.717) is 5.02 Å². The number of fused-ring (bicyclic) bond motifs is 1. The van der Waals surface area contributed by atoms with E-state index in [9.17, 15) is 4.79 Å². The third-order valence-electron chi connectivity index (χ3n) is 2.61. The van der Waals surface area contributed by atoms with Crippen molar-refractivity contribution in [3.63, 3.8) is 0 Å². The second-order valence-corrected chi connectivity index (χ2v) is 5.77. The Morgan fingerprint density at radius 2 is 2.25 bits per heavy atom. The minimum absolute atomic E-state index is 0.105. The van der Waals surface area contributed by atoms with Gasteiger partial charge in [-0.1, -0.05) is 11.6 Å². The normalized spacial score (nSPS) is 20.0. The van der Waals surface area contributed by atoms with Crippen LogP contribution in [0.1, 0.15) is 10.4 Å². The van der Waals surface area contributed by atoms with E-state index in [1.807, 2.05) is 26.2 Å². The number of Topliss-reactive ketones (excluding diaryl/α,β-unsaturated/α-hetero) is 1. The zero-order valence-corrected chi connectivity index (χ0v) is 10.9. The van der Waals surface area contributed by atoms with Gasteiger partial charge in [0, 0.05) is 33.7 Å². The fourth-order valence-electron chi connectivity index (χ4n) is 1.88. The summed E-state index contributed by atoms with van der Waals surface area (Å²) in [6.07, 6.45) is 0. The minimum Gasteiger partial charge on any atom is -0.309 e. The first-order valence-electron chi connectivity index (χ1n) is 5.19. The van der Waals surface area contributed by atoms with E-state index in [1.165, 1.54) is 0 Å². The average Bonchev–Trinajstić information content (AvgIpc) is 2.22. The van der Waals surface area contributed by atoms with Crippen LogP contribution >= 0.6 is 23.4 Å². The van der Waals surface area contributed by atoms with Crippen molar-refractivity contribution in [3.05, 3.63) is 28.8 Å². The van der Waals surface area contributed by atoms with Crippen molar-refractivity contribution in [1.82, 2.24) is 4.90 Å². The highest BCUT2D eigenvalue weighted by molar-refractivity contribution is 7.99. The Kier molecular flexibility index (Phi) is 3.57. The van der Waals surface area contributed by atoms with E-state index in [-0.39, 0.29) is 11.7 Å². The smallest absolute Gasteiger partial charge is 0.169 e. The van der Waals surface area contributed by atoms with Gasteiger partial charge >= 0.3 is 0 Å². The number of hydrogen-bond acceptors (Lipinski definition) is 3. The number of hydrogen-bond donors (Lipinski definition) is 0. The molecule has 1 unspecified atom stereocenters. The fourth-order valence-corrected chi connectivity index (χ4v) is 3.29. The summed E-state index contributed by atoms with van der Waals surface area (Å²) in [6, 6.07) is 5.51. The molecule has 1 aliphatic rings. The number of ketones is 1. The van der Waals surface area contributed by atoms with E-state index in [0.717, 1.165) is 22.8 Å². The van der Waals surface area contributed by atoms with Crippen LogP contribution in [0.25, 0.3) is 0 Å². The molecule has 16 heavy (non-hydrogen) atoms. The van der Waals surface area contributed by atoms with Gasteiger partial charge in [-0.3, -0.25) is 4.79 Å². The number of rotatable bonds is 2. The lowest BCUT2D eigenvalue weighted by Crippen LogP contribution is -2.32. The highest BCUT2D eigenvalue weighted by atomic mass is 35.5. The largest absolute Gasteiger partial charge is 0.309 e. The van der Waals surface area contributed by atoms with Gasteiger partial charge in [0.1, 0.15) is 0 Å². The van der Waals surface area contributed by atoms with Crippen LogP contribution in [0, 0.1) is 5.92 Å². The predicted octanol–water partition coefficient (Wildman–Crippen LogP) is 2.81. The number of nitrogens with zero attached hydrogens (tertiary/aromatic N) is 1. The van der Waals surface area contributed by atoms with Gasteiger partial charge in [0.05, 0.1) is 0 Å². The molecule has 0 saturated carbocycles. The van der Waals surface area contributed by atoms with Crippen LogP contribution in [-0.2, 0) is 0 Å². The highest BCUT2D eigenvalue weighted by Crippen LogP contribution is 2.34. The molecule has 1 aliphatic heterocycles. The quantitative estimate of drug-likeness (QED) is 0.811. The zero-order chi connectivity index (χ0) is 11.7. The molecular weight excluding hydrogens is 242 g/mol. The predicted molar refractivity (Wildman–Crippen MR) is 68.6 cm³/mol. The molecule has 0 fully saturated rings. The van der Waals surface area contributed by atoms with Crippen LogP contribution in [0.5, 0.6) is 0 Å². The Balaban J connectivity index is 2.25. The topological polar surface area (TPSA) is 20.3 Å². The summed E-state index contributed by atoms with van der Waals surface area (Å²) in [7, 11) is 3.99. The first-order chi connectivity index (χ1) is 7.58. The number of halogens is 1. The van der Waals surface area contributed by atoms with E-state index in [4.69, 9.17) is 11.6 Å². The van der Waals surface area contributed by atoms with Gasteiger partial charge in [-0.05, 0) is 32.3 Å². The molecule has 4 heteroatoms. The standard InChI is InChI=1S/C12H14ClNOS/c1-14(2)6-8-7-16-11-5-9(13)3-4-10(11)12(8)15/h3-5,8H,6-7H2,1-2H3. The van der Waals surface area contributed by atoms with Crippen molar-refractivity contribution >= 4 is 29.1 Å². The van der Waals surface area contributed by atoms with Crippen LogP contribution in [-0.4, -0.2) is 37.1 Å². The van der Waals surface area contributed by atoms with Crippen molar-refractivity contribution in [1.29, 1.82) is 0 Å². The van der Waals surface area contributed by atoms with Crippen molar-refractivity contribution in [2.24, 2.45) is 5.92 Å². The molecule has 0 spiro atoms. The Hall–Kier alpha value is -0.510. The summed E-state index contributed by atoms with van der Waals surface area (Å²) in [5.74, 6) is 1.21. The third kappa shape index (κ3) is 2.42. The van der Waals surface area contributed by atoms with Crippen LogP contribution in [0.15, 0.2) is 23.1 Å². The maximum atomic E-state index is 12.2. The van der Waals surface area contributed by atoms with Crippen molar-refractivity contribution in [2.75, 3.05) is 26.4 Å². The van der Waals surface area contributed by atoms with Gasteiger partial charge in [-0.15, -0.1) is 11.8 Å². The lowest BCUT2D eigenvalue weighted by atomic mass is 9.98. The summed E-state index contributed by atoms with van der Waals surface area (Å²) in [6.45, 7) is 0.813. The first kappa shape index (κ1) is 12.0. The summed E-state index contributed by atoms with van der Waals surface area (Å²) in [5, 5.41) is 0.699. The van der Waals surface area contributed by atoms with Crippen molar-refractivity contribution in [3.8, 4) is 0 Å². The first-order valence-corrected chi connectivity index (χ1v) is 6.55. The van der Waals surface area contributed by atoms with Gasteiger partial charge in [-0.2, -0.15) is 0 Å². The zero-order valence-electron chi connectivity index (χ0n) is 9.37. The minimum atomic E-state index is 0.105. The molecule has 1 atom stereocenters. The monoisotopic (exact) mass is 255 g/mol. The molecule has 1 aromatic carbocycles. The molecule has 0 bridgehead atoms. The van der Waals surface area contributed by atoms with Gasteiger partial charge in [-0.25, -0.2) is 0 Å². The highest BCUT2D eigenvalue weighted by Gasteiger charge is 2.28. The van der Waals surface area contributed by atoms with Crippen LogP contribution < -0.4 is 0 Å². The molecule has 1 heterocycles. The Morgan fingerprint density at radius 3 is 2.94 bits per heavy atom. The van der Waals surface area contributed by atoms with Gasteiger partial charge in [0.2, 0.25) is 0 Å². The van der Waals surface area contributed by atoms with Gasteiger partial charge in [0.25, 0.3) is 0 Å². The summed E-state index contributed by atoms with van der Waals surface area (Å²) < 4.78 is 0. The fraction of sp³-hybridized carbons (Fsp3) is 0.417. The Bertz CT molecular complexity index is 419. The summed E-state index contributed by atoms with van der Waals surface area (Å²) in [4.78, 5) is 15.3. The number of benzene rings is 1. The third-order valence-corrected chi connectivity index (χ3v) is 4.06. The van der Waals surface area contributed by atoms with Gasteiger partial charge in [0.15, 0.2) is 5.78 Å². The Morgan fingerprint density at radius 1 is 1.50 bits per heavy atom. The molecule has 86 valence electrons. The molecule has 1 aromatic rings. The number of carbonyl (C=O) groups is 1. The molecule has 0 aliphatic carbocycles. The molecular formula is C12H14ClNOS. The number of carbonyl (C=O) groups excluding carboxylic acids is 1. The second-order valence-electron chi connectivity index (χ2n) is 4.27. The van der Waals surface area contributed by atoms with E-state index >= 15 is 0 Å². The Labute approximate surface area is 105 Å². The summed E-state index contributed by atoms with van der Waals surface area (Å²) >= 11 is 7.64. The van der Waals surface area contributed by atoms with Crippen LogP contribution in [0.3, 0.4) is 0 Å². The SMILES string of the molecule is CN(C)CC1CSc2cc(Cl)ccc2C1=O. The van der Waals surface area contributed by atoms with E-state index in [1.54, 1.807) is 17.8 Å². The lowest BCUT2D eigenvalue weighted by molar-refractivity contribution is 0.0907. The number of thioether (sulfide) groups is 1. The molecule has 2 rings (SSSR count). The lowest BCUT2D eigenvalue weighted by Gasteiger charge is -2.25. The van der Waals surface area contributed by atoms with Crippen molar-refractivity contribution in [2.45, 2.75) is 4.90 Å². The maximum Gasteiger partial charge on any atom is 0.169 e. The van der Waals surface area contributed by atoms with E-state index < -0.39 is 0 Å². The van der Waals surface area contributed by atoms with E-state index in [2.05, 4.69) is 4.90 Å². The molecule has 0 amide bonds. The maximum absolute atomic E-state index is 12.2. The molecule has 2 nitrogen and oxygen atoms in total. The molecule has 0 aromatic heterocycles. The van der Waals surface area contributed by atoms with Crippen molar-refractivity contribution < 1.29 is 4.79 Å². The molecule has 0 N–H and O–H groups in total. The van der Waals surface area contributed by atoms with Crippen LogP contribution in [0.4, 0.5) is 0 Å². The van der Waals surface area contributed by atoms with Gasteiger partial charge < -0.3 is 4.90 Å². The van der Waals surface area contributed by atoms with Crippen LogP contribution in [0.2, 0.25) is 5.02 Å². The summed E-state index contributed by atoms with van der Waals surface area (Å²) in [5.41, 5.74) is 0.826. The average molecular weight is 256 g/mol. The second kappa shape index (κ2) is 4.78. The molecule has 0 radical (unpaired) electrons.